The first-order valence-corrected chi connectivity index (χ1v) is 7.96. The molecule has 3 aromatic rings. The molecule has 0 bridgehead atoms. The molecule has 1 heterocycles. The Balaban J connectivity index is 1.73. The zero-order valence-corrected chi connectivity index (χ0v) is 14.2. The number of rotatable bonds is 4. The number of hydrogen-bond donors (Lipinski definition) is 0. The second-order valence-corrected chi connectivity index (χ2v) is 6.09. The quantitative estimate of drug-likeness (QED) is 0.734. The summed E-state index contributed by atoms with van der Waals surface area (Å²) in [5, 5.41) is 4.19. The third kappa shape index (κ3) is 3.38. The second kappa shape index (κ2) is 6.71. The maximum absolute atomic E-state index is 12.6. The van der Waals surface area contributed by atoms with Crippen molar-refractivity contribution >= 4 is 5.91 Å². The number of nitrogens with zero attached hydrogens (tertiary/aromatic N) is 3. The smallest absolute Gasteiger partial charge is 0.253 e. The van der Waals surface area contributed by atoms with E-state index in [1.54, 1.807) is 15.8 Å². The van der Waals surface area contributed by atoms with Gasteiger partial charge in [0.1, 0.15) is 0 Å². The minimum atomic E-state index is 0.0157. The highest BCUT2D eigenvalue weighted by atomic mass is 16.2. The van der Waals surface area contributed by atoms with E-state index in [9.17, 15) is 4.79 Å². The summed E-state index contributed by atoms with van der Waals surface area (Å²) in [4.78, 5) is 14.4. The fraction of sp³-hybridized carbons (Fsp3) is 0.200. The van der Waals surface area contributed by atoms with Gasteiger partial charge in [0.15, 0.2) is 0 Å². The van der Waals surface area contributed by atoms with Crippen LogP contribution in [0.15, 0.2) is 60.9 Å². The molecule has 0 aliphatic rings. The monoisotopic (exact) mass is 319 g/mol. The first-order valence-electron chi connectivity index (χ1n) is 7.96. The van der Waals surface area contributed by atoms with Gasteiger partial charge in [0.25, 0.3) is 5.91 Å². The number of aryl methyl sites for hydroxylation is 2. The predicted octanol–water partition coefficient (Wildman–Crippen LogP) is 3.76. The van der Waals surface area contributed by atoms with E-state index in [4.69, 9.17) is 0 Å². The van der Waals surface area contributed by atoms with Gasteiger partial charge in [-0.05, 0) is 55.3 Å². The molecule has 122 valence electrons. The van der Waals surface area contributed by atoms with Gasteiger partial charge in [0, 0.05) is 31.5 Å². The molecule has 0 saturated heterocycles. The lowest BCUT2D eigenvalue weighted by Gasteiger charge is -2.19. The molecule has 0 spiro atoms. The lowest BCUT2D eigenvalue weighted by Crippen LogP contribution is -2.26. The van der Waals surface area contributed by atoms with Crippen molar-refractivity contribution in [1.82, 2.24) is 14.7 Å². The third-order valence-corrected chi connectivity index (χ3v) is 4.14. The van der Waals surface area contributed by atoms with E-state index in [2.05, 4.69) is 37.1 Å². The number of benzene rings is 2. The SMILES string of the molecule is Cc1ccc(CN(C)C(=O)c2ccc(-n3cccn3)cc2)c(C)c1. The maximum Gasteiger partial charge on any atom is 0.253 e. The molecular weight excluding hydrogens is 298 g/mol. The fourth-order valence-corrected chi connectivity index (χ4v) is 2.75. The van der Waals surface area contributed by atoms with Gasteiger partial charge in [-0.15, -0.1) is 0 Å². The Labute approximate surface area is 142 Å². The van der Waals surface area contributed by atoms with E-state index < -0.39 is 0 Å². The summed E-state index contributed by atoms with van der Waals surface area (Å²) in [6.45, 7) is 4.76. The van der Waals surface area contributed by atoms with E-state index in [1.807, 2.05) is 43.6 Å². The molecule has 1 amide bonds. The van der Waals surface area contributed by atoms with Crippen molar-refractivity contribution in [3.05, 3.63) is 83.2 Å². The van der Waals surface area contributed by atoms with Crippen molar-refractivity contribution in [2.45, 2.75) is 20.4 Å². The Bertz CT molecular complexity index is 836. The molecule has 24 heavy (non-hydrogen) atoms. The number of carbonyl (C=O) groups excluding carboxylic acids is 1. The Morgan fingerprint density at radius 2 is 1.88 bits per heavy atom. The first kappa shape index (κ1) is 16.0. The van der Waals surface area contributed by atoms with Crippen LogP contribution >= 0.6 is 0 Å². The van der Waals surface area contributed by atoms with Crippen molar-refractivity contribution in [2.75, 3.05) is 7.05 Å². The topological polar surface area (TPSA) is 38.1 Å². The standard InChI is InChI=1S/C20H21N3O/c1-15-5-6-18(16(2)13-15)14-22(3)20(24)17-7-9-19(10-8-17)23-12-4-11-21-23/h4-13H,14H2,1-3H3. The van der Waals surface area contributed by atoms with Crippen LogP contribution in [-0.4, -0.2) is 27.6 Å². The van der Waals surface area contributed by atoms with Gasteiger partial charge in [-0.25, -0.2) is 4.68 Å². The van der Waals surface area contributed by atoms with Crippen LogP contribution in [-0.2, 0) is 6.54 Å². The van der Waals surface area contributed by atoms with Crippen LogP contribution < -0.4 is 0 Å². The highest BCUT2D eigenvalue weighted by Gasteiger charge is 2.13. The molecule has 0 aliphatic carbocycles. The predicted molar refractivity (Wildman–Crippen MR) is 95.3 cm³/mol. The molecule has 0 radical (unpaired) electrons. The Hall–Kier alpha value is -2.88. The van der Waals surface area contributed by atoms with Crippen molar-refractivity contribution in [2.24, 2.45) is 0 Å². The van der Waals surface area contributed by atoms with Gasteiger partial charge in [0.05, 0.1) is 5.69 Å². The van der Waals surface area contributed by atoms with E-state index in [0.29, 0.717) is 12.1 Å². The van der Waals surface area contributed by atoms with Gasteiger partial charge in [-0.1, -0.05) is 23.8 Å². The van der Waals surface area contributed by atoms with Crippen LogP contribution in [0, 0.1) is 13.8 Å². The number of amides is 1. The Morgan fingerprint density at radius 3 is 2.50 bits per heavy atom. The Morgan fingerprint density at radius 1 is 1.12 bits per heavy atom. The molecule has 0 saturated carbocycles. The number of hydrogen-bond acceptors (Lipinski definition) is 2. The molecule has 0 fully saturated rings. The average molecular weight is 319 g/mol. The summed E-state index contributed by atoms with van der Waals surface area (Å²) in [5.74, 6) is 0.0157. The molecule has 0 unspecified atom stereocenters. The lowest BCUT2D eigenvalue weighted by molar-refractivity contribution is 0.0785. The van der Waals surface area contributed by atoms with Gasteiger partial charge < -0.3 is 4.90 Å². The zero-order chi connectivity index (χ0) is 17.1. The molecule has 3 rings (SSSR count). The summed E-state index contributed by atoms with van der Waals surface area (Å²) >= 11 is 0. The van der Waals surface area contributed by atoms with Gasteiger partial charge >= 0.3 is 0 Å². The van der Waals surface area contributed by atoms with E-state index in [1.165, 1.54) is 16.7 Å². The van der Waals surface area contributed by atoms with Gasteiger partial charge in [0.2, 0.25) is 0 Å². The molecule has 0 atom stereocenters. The number of carbonyl (C=O) groups is 1. The molecule has 0 aliphatic heterocycles. The third-order valence-electron chi connectivity index (χ3n) is 4.14. The summed E-state index contributed by atoms with van der Waals surface area (Å²) in [5.41, 5.74) is 5.24. The average Bonchev–Trinajstić information content (AvgIpc) is 3.11. The molecule has 4 nitrogen and oxygen atoms in total. The first-order chi connectivity index (χ1) is 11.5. The zero-order valence-electron chi connectivity index (χ0n) is 14.2. The van der Waals surface area contributed by atoms with Crippen LogP contribution in [0.3, 0.4) is 0 Å². The van der Waals surface area contributed by atoms with Gasteiger partial charge in [-0.2, -0.15) is 5.10 Å². The Kier molecular flexibility index (Phi) is 4.47. The van der Waals surface area contributed by atoms with Crippen molar-refractivity contribution < 1.29 is 4.79 Å². The normalized spacial score (nSPS) is 10.6. The van der Waals surface area contributed by atoms with Crippen molar-refractivity contribution in [3.63, 3.8) is 0 Å². The molecule has 4 heteroatoms. The van der Waals surface area contributed by atoms with Crippen LogP contribution in [0.1, 0.15) is 27.0 Å². The lowest BCUT2D eigenvalue weighted by atomic mass is 10.1. The van der Waals surface area contributed by atoms with E-state index in [-0.39, 0.29) is 5.91 Å². The molecule has 0 N–H and O–H groups in total. The number of aromatic nitrogens is 2. The van der Waals surface area contributed by atoms with Crippen molar-refractivity contribution in [3.8, 4) is 5.69 Å². The summed E-state index contributed by atoms with van der Waals surface area (Å²) in [7, 11) is 1.84. The largest absolute Gasteiger partial charge is 0.337 e. The minimum Gasteiger partial charge on any atom is -0.337 e. The molecule has 1 aromatic heterocycles. The summed E-state index contributed by atoms with van der Waals surface area (Å²) < 4.78 is 1.77. The maximum atomic E-state index is 12.6. The van der Waals surface area contributed by atoms with E-state index >= 15 is 0 Å². The molecular formula is C20H21N3O. The minimum absolute atomic E-state index is 0.0157. The fourth-order valence-electron chi connectivity index (χ4n) is 2.75. The molecule has 2 aromatic carbocycles. The van der Waals surface area contributed by atoms with Crippen LogP contribution in [0.2, 0.25) is 0 Å². The van der Waals surface area contributed by atoms with Crippen molar-refractivity contribution in [1.29, 1.82) is 0 Å². The van der Waals surface area contributed by atoms with Crippen LogP contribution in [0.25, 0.3) is 5.69 Å². The summed E-state index contributed by atoms with van der Waals surface area (Å²) in [6.07, 6.45) is 3.61. The van der Waals surface area contributed by atoms with Gasteiger partial charge in [-0.3, -0.25) is 4.79 Å². The van der Waals surface area contributed by atoms with Crippen LogP contribution in [0.4, 0.5) is 0 Å². The highest BCUT2D eigenvalue weighted by Crippen LogP contribution is 2.15. The second-order valence-electron chi connectivity index (χ2n) is 6.09. The highest BCUT2D eigenvalue weighted by molar-refractivity contribution is 5.94. The summed E-state index contributed by atoms with van der Waals surface area (Å²) in [6, 6.07) is 15.7. The van der Waals surface area contributed by atoms with Crippen LogP contribution in [0.5, 0.6) is 0 Å². The van der Waals surface area contributed by atoms with E-state index in [0.717, 1.165) is 5.69 Å².